The summed E-state index contributed by atoms with van der Waals surface area (Å²) >= 11 is 4.32. The minimum Gasteiger partial charge on any atom is -0.396 e. The first-order chi connectivity index (χ1) is 11.7. The molecule has 0 atom stereocenters. The van der Waals surface area contributed by atoms with Crippen LogP contribution in [0.3, 0.4) is 0 Å². The Balaban J connectivity index is 2.15. The van der Waals surface area contributed by atoms with E-state index in [0.29, 0.717) is 0 Å². The highest BCUT2D eigenvalue weighted by molar-refractivity contribution is 8.21. The Labute approximate surface area is 155 Å². The van der Waals surface area contributed by atoms with Gasteiger partial charge in [-0.15, -0.1) is 23.5 Å². The van der Waals surface area contributed by atoms with Crippen LogP contribution in [0.5, 0.6) is 0 Å². The van der Waals surface area contributed by atoms with Crippen LogP contribution in [0.1, 0.15) is 19.3 Å². The van der Waals surface area contributed by atoms with Crippen molar-refractivity contribution in [2.75, 3.05) is 18.1 Å². The summed E-state index contributed by atoms with van der Waals surface area (Å²) in [6.45, 7) is 2.83. The highest BCUT2D eigenvalue weighted by Gasteiger charge is 2.53. The zero-order chi connectivity index (χ0) is 16.9. The molecule has 3 rings (SSSR count). The van der Waals surface area contributed by atoms with Crippen molar-refractivity contribution in [1.29, 1.82) is 0 Å². The van der Waals surface area contributed by atoms with E-state index in [-0.39, 0.29) is 10.3 Å². The molecule has 1 saturated heterocycles. The number of hydrogen-bond donors (Lipinski definition) is 1. The minimum atomic E-state index is -1.97. The molecule has 0 bridgehead atoms. The standard InChI is InChI=1S/C20H26OS2Si/c1-24(18-10-4-2-5-11-18,19-12-6-3-7-13-19)20(14-8-15-21)22-16-9-17-23-20/h2-7,10-13,21H,8-9,14-17H2,1H3. The first-order valence-electron chi connectivity index (χ1n) is 8.73. The van der Waals surface area contributed by atoms with Crippen LogP contribution in [0, 0.1) is 0 Å². The summed E-state index contributed by atoms with van der Waals surface area (Å²) in [5.74, 6) is 2.47. The van der Waals surface area contributed by atoms with Crippen molar-refractivity contribution < 1.29 is 5.11 Å². The summed E-state index contributed by atoms with van der Waals surface area (Å²) in [4.78, 5) is 0. The fraction of sp³-hybridized carbons (Fsp3) is 0.400. The molecule has 0 saturated carbocycles. The summed E-state index contributed by atoms with van der Waals surface area (Å²) in [6, 6.07) is 22.3. The quantitative estimate of drug-likeness (QED) is 0.778. The molecule has 1 heterocycles. The van der Waals surface area contributed by atoms with Crippen LogP contribution in [0.4, 0.5) is 0 Å². The Bertz CT molecular complexity index is 587. The van der Waals surface area contributed by atoms with Gasteiger partial charge >= 0.3 is 0 Å². The van der Waals surface area contributed by atoms with E-state index in [2.05, 4.69) is 90.7 Å². The van der Waals surface area contributed by atoms with E-state index in [1.54, 1.807) is 0 Å². The van der Waals surface area contributed by atoms with Gasteiger partial charge in [0.05, 0.1) is 3.70 Å². The van der Waals surface area contributed by atoms with Crippen molar-refractivity contribution in [3.05, 3.63) is 60.7 Å². The predicted molar refractivity (Wildman–Crippen MR) is 112 cm³/mol. The molecule has 1 aliphatic rings. The summed E-state index contributed by atoms with van der Waals surface area (Å²) in [5, 5.41) is 12.5. The van der Waals surface area contributed by atoms with E-state index in [0.717, 1.165) is 12.8 Å². The third-order valence-electron chi connectivity index (χ3n) is 5.09. The highest BCUT2D eigenvalue weighted by atomic mass is 32.2. The molecule has 2 aromatic carbocycles. The Kier molecular flexibility index (Phi) is 6.14. The molecule has 0 amide bonds. The average molecular weight is 375 g/mol. The van der Waals surface area contributed by atoms with Crippen LogP contribution in [0.15, 0.2) is 60.7 Å². The summed E-state index contributed by atoms with van der Waals surface area (Å²) in [5.41, 5.74) is 0. The van der Waals surface area contributed by atoms with Crippen molar-refractivity contribution in [3.63, 3.8) is 0 Å². The number of hydrogen-bond acceptors (Lipinski definition) is 3. The molecule has 1 aliphatic heterocycles. The van der Waals surface area contributed by atoms with Gasteiger partial charge in [-0.1, -0.05) is 77.6 Å². The molecule has 0 aromatic heterocycles. The van der Waals surface area contributed by atoms with Gasteiger partial charge in [0.2, 0.25) is 0 Å². The third kappa shape index (κ3) is 3.34. The maximum atomic E-state index is 9.52. The Morgan fingerprint density at radius 2 is 1.42 bits per heavy atom. The predicted octanol–water partition coefficient (Wildman–Crippen LogP) is 3.76. The van der Waals surface area contributed by atoms with Gasteiger partial charge in [0.1, 0.15) is 8.07 Å². The Morgan fingerprint density at radius 1 is 0.917 bits per heavy atom. The SMILES string of the molecule is C[Si](c1ccccc1)(c1ccccc1)C1(CCCO)SCCCS1. The van der Waals surface area contributed by atoms with Gasteiger partial charge in [-0.25, -0.2) is 0 Å². The second-order valence-corrected chi connectivity index (χ2v) is 14.5. The summed E-state index contributed by atoms with van der Waals surface area (Å²) in [7, 11) is -1.97. The van der Waals surface area contributed by atoms with E-state index in [4.69, 9.17) is 0 Å². The van der Waals surface area contributed by atoms with Gasteiger partial charge in [0.15, 0.2) is 0 Å². The first-order valence-corrected chi connectivity index (χ1v) is 13.2. The lowest BCUT2D eigenvalue weighted by Gasteiger charge is -2.49. The largest absolute Gasteiger partial charge is 0.396 e. The van der Waals surface area contributed by atoms with E-state index < -0.39 is 8.07 Å². The monoisotopic (exact) mass is 374 g/mol. The van der Waals surface area contributed by atoms with Gasteiger partial charge in [-0.2, -0.15) is 0 Å². The van der Waals surface area contributed by atoms with Crippen LogP contribution in [0.25, 0.3) is 0 Å². The molecule has 1 nitrogen and oxygen atoms in total. The lowest BCUT2D eigenvalue weighted by Crippen LogP contribution is -2.69. The molecule has 0 aliphatic carbocycles. The molecule has 4 heteroatoms. The maximum Gasteiger partial charge on any atom is 0.142 e. The fourth-order valence-corrected chi connectivity index (χ4v) is 14.5. The first kappa shape index (κ1) is 18.1. The number of rotatable bonds is 6. The van der Waals surface area contributed by atoms with Crippen molar-refractivity contribution in [2.45, 2.75) is 29.5 Å². The van der Waals surface area contributed by atoms with E-state index >= 15 is 0 Å². The summed E-state index contributed by atoms with van der Waals surface area (Å²) < 4.78 is 0.205. The zero-order valence-electron chi connectivity index (χ0n) is 14.3. The second kappa shape index (κ2) is 8.13. The van der Waals surface area contributed by atoms with Crippen molar-refractivity contribution in [3.8, 4) is 0 Å². The average Bonchev–Trinajstić information content (AvgIpc) is 2.68. The fourth-order valence-electron chi connectivity index (χ4n) is 3.72. The molecule has 24 heavy (non-hydrogen) atoms. The van der Waals surface area contributed by atoms with Crippen molar-refractivity contribution in [1.82, 2.24) is 0 Å². The van der Waals surface area contributed by atoms with Crippen LogP contribution in [-0.4, -0.2) is 35.0 Å². The molecular formula is C20H26OS2Si. The van der Waals surface area contributed by atoms with E-state index in [9.17, 15) is 5.11 Å². The number of benzene rings is 2. The lowest BCUT2D eigenvalue weighted by molar-refractivity contribution is 0.285. The number of thioether (sulfide) groups is 2. The minimum absolute atomic E-state index is 0.205. The third-order valence-corrected chi connectivity index (χ3v) is 16.2. The molecule has 0 radical (unpaired) electrons. The smallest absolute Gasteiger partial charge is 0.142 e. The van der Waals surface area contributed by atoms with Gasteiger partial charge in [0.25, 0.3) is 0 Å². The van der Waals surface area contributed by atoms with Crippen LogP contribution in [0.2, 0.25) is 6.55 Å². The van der Waals surface area contributed by atoms with Crippen LogP contribution >= 0.6 is 23.5 Å². The number of aliphatic hydroxyl groups is 1. The summed E-state index contributed by atoms with van der Waals surface area (Å²) in [6.07, 6.45) is 3.28. The zero-order valence-corrected chi connectivity index (χ0v) is 16.9. The van der Waals surface area contributed by atoms with Crippen LogP contribution in [-0.2, 0) is 0 Å². The van der Waals surface area contributed by atoms with Crippen LogP contribution < -0.4 is 10.4 Å². The lowest BCUT2D eigenvalue weighted by atomic mass is 10.3. The highest BCUT2D eigenvalue weighted by Crippen LogP contribution is 2.51. The second-order valence-electron chi connectivity index (χ2n) is 6.49. The van der Waals surface area contributed by atoms with Crippen molar-refractivity contribution in [2.24, 2.45) is 0 Å². The molecular weight excluding hydrogens is 348 g/mol. The molecule has 0 spiro atoms. The van der Waals surface area contributed by atoms with Gasteiger partial charge in [-0.05, 0) is 30.8 Å². The van der Waals surface area contributed by atoms with Gasteiger partial charge in [0, 0.05) is 6.61 Å². The number of aliphatic hydroxyl groups excluding tert-OH is 1. The molecule has 0 unspecified atom stereocenters. The maximum absolute atomic E-state index is 9.52. The normalized spacial score (nSPS) is 17.6. The van der Waals surface area contributed by atoms with Crippen molar-refractivity contribution >= 4 is 42.0 Å². The molecule has 1 fully saturated rings. The Morgan fingerprint density at radius 3 is 1.88 bits per heavy atom. The Hall–Kier alpha value is -0.683. The van der Waals surface area contributed by atoms with Gasteiger partial charge < -0.3 is 5.11 Å². The van der Waals surface area contributed by atoms with Gasteiger partial charge in [-0.3, -0.25) is 0 Å². The molecule has 128 valence electrons. The van der Waals surface area contributed by atoms with E-state index in [1.165, 1.54) is 28.3 Å². The molecule has 2 aromatic rings. The topological polar surface area (TPSA) is 20.2 Å². The van der Waals surface area contributed by atoms with E-state index in [1.807, 2.05) is 0 Å². The molecule has 1 N–H and O–H groups in total.